The van der Waals surface area contributed by atoms with E-state index in [1.165, 1.54) is 0 Å². The topological polar surface area (TPSA) is 87.0 Å². The highest BCUT2D eigenvalue weighted by atomic mass is 16.5. The summed E-state index contributed by atoms with van der Waals surface area (Å²) in [6.07, 6.45) is 0.555. The highest BCUT2D eigenvalue weighted by Crippen LogP contribution is 2.58. The molecule has 0 spiro atoms. The Morgan fingerprint density at radius 1 is 1.25 bits per heavy atom. The van der Waals surface area contributed by atoms with Gasteiger partial charge in [-0.3, -0.25) is 4.79 Å². The van der Waals surface area contributed by atoms with E-state index in [4.69, 9.17) is 4.74 Å². The van der Waals surface area contributed by atoms with E-state index < -0.39 is 23.2 Å². The van der Waals surface area contributed by atoms with Crippen LogP contribution in [0.5, 0.6) is 0 Å². The van der Waals surface area contributed by atoms with Crippen LogP contribution in [0.3, 0.4) is 0 Å². The Bertz CT molecular complexity index is 550. The number of hydrogen-bond acceptors (Lipinski definition) is 5. The number of ketones is 1. The van der Waals surface area contributed by atoms with Gasteiger partial charge in [-0.25, -0.2) is 0 Å². The van der Waals surface area contributed by atoms with Crippen LogP contribution in [0, 0.1) is 35.0 Å². The molecule has 4 fully saturated rings. The SMILES string of the molecule is CC1CC[C@@]2(O)CC3[C@@H]4CO[C@@H]4C[C@H](O)[C@@]3(C)C(=O)[C@H](O)C1[C@@H]2C. The van der Waals surface area contributed by atoms with E-state index >= 15 is 0 Å². The predicted octanol–water partition coefficient (Wildman–Crippen LogP) is 1.14. The maximum absolute atomic E-state index is 13.3. The first-order chi connectivity index (χ1) is 11.2. The molecule has 5 nitrogen and oxygen atoms in total. The van der Waals surface area contributed by atoms with Crippen molar-refractivity contribution in [2.75, 3.05) is 6.61 Å². The first-order valence-corrected chi connectivity index (χ1v) is 9.44. The van der Waals surface area contributed by atoms with Gasteiger partial charge in [0.2, 0.25) is 0 Å². The van der Waals surface area contributed by atoms with Gasteiger partial charge in [-0.15, -0.1) is 0 Å². The number of ether oxygens (including phenoxy) is 1. The third kappa shape index (κ3) is 1.99. The second-order valence-corrected chi connectivity index (χ2v) is 9.18. The average molecular weight is 338 g/mol. The van der Waals surface area contributed by atoms with Gasteiger partial charge in [0.15, 0.2) is 5.78 Å². The molecule has 3 N–H and O–H groups in total. The average Bonchev–Trinajstić information content (AvgIpc) is 2.51. The summed E-state index contributed by atoms with van der Waals surface area (Å²) in [6.45, 7) is 6.44. The van der Waals surface area contributed by atoms with E-state index in [0.717, 1.165) is 6.42 Å². The third-order valence-electron chi connectivity index (χ3n) is 8.27. The molecule has 10 atom stereocenters. The number of aliphatic hydroxyl groups is 3. The molecule has 24 heavy (non-hydrogen) atoms. The number of hydrogen-bond donors (Lipinski definition) is 3. The molecule has 0 radical (unpaired) electrons. The summed E-state index contributed by atoms with van der Waals surface area (Å²) >= 11 is 0. The Balaban J connectivity index is 1.81. The van der Waals surface area contributed by atoms with Crippen LogP contribution < -0.4 is 0 Å². The minimum Gasteiger partial charge on any atom is -0.392 e. The Hall–Kier alpha value is -0.490. The fourth-order valence-corrected chi connectivity index (χ4v) is 6.32. The number of Topliss-reactive ketones (excluding diaryl/α,β-unsaturated/α-hetero) is 1. The largest absolute Gasteiger partial charge is 0.392 e. The fraction of sp³-hybridized carbons (Fsp3) is 0.947. The smallest absolute Gasteiger partial charge is 0.170 e. The number of rotatable bonds is 0. The monoisotopic (exact) mass is 338 g/mol. The molecule has 3 saturated carbocycles. The number of carbonyl (C=O) groups is 1. The predicted molar refractivity (Wildman–Crippen MR) is 87.1 cm³/mol. The molecule has 0 aromatic carbocycles. The number of aliphatic hydroxyl groups excluding tert-OH is 2. The van der Waals surface area contributed by atoms with E-state index in [2.05, 4.69) is 6.92 Å². The maximum Gasteiger partial charge on any atom is 0.170 e. The highest BCUT2D eigenvalue weighted by Gasteiger charge is 2.65. The summed E-state index contributed by atoms with van der Waals surface area (Å²) in [5.41, 5.74) is -1.87. The van der Waals surface area contributed by atoms with Crippen LogP contribution in [-0.2, 0) is 9.53 Å². The van der Waals surface area contributed by atoms with Gasteiger partial charge in [0, 0.05) is 12.3 Å². The summed E-state index contributed by atoms with van der Waals surface area (Å²) in [5.74, 6) is -0.330. The molecular formula is C19H30O5. The first kappa shape index (κ1) is 17.0. The second-order valence-electron chi connectivity index (χ2n) is 9.18. The zero-order valence-corrected chi connectivity index (χ0v) is 14.8. The molecule has 1 saturated heterocycles. The van der Waals surface area contributed by atoms with Gasteiger partial charge in [-0.05, 0) is 49.9 Å². The van der Waals surface area contributed by atoms with Crippen LogP contribution in [0.1, 0.15) is 46.5 Å². The lowest BCUT2D eigenvalue weighted by Crippen LogP contribution is -2.68. The summed E-state index contributed by atoms with van der Waals surface area (Å²) in [6, 6.07) is 0. The first-order valence-electron chi connectivity index (χ1n) is 9.44. The van der Waals surface area contributed by atoms with E-state index in [-0.39, 0.29) is 41.5 Å². The third-order valence-corrected chi connectivity index (χ3v) is 8.27. The van der Waals surface area contributed by atoms with Crippen LogP contribution >= 0.6 is 0 Å². The van der Waals surface area contributed by atoms with E-state index in [1.807, 2.05) is 13.8 Å². The molecule has 3 aliphatic carbocycles. The van der Waals surface area contributed by atoms with Gasteiger partial charge >= 0.3 is 0 Å². The minimum atomic E-state index is -1.11. The summed E-state index contributed by atoms with van der Waals surface area (Å²) in [5, 5.41) is 33.1. The van der Waals surface area contributed by atoms with Gasteiger partial charge in [0.25, 0.3) is 0 Å². The van der Waals surface area contributed by atoms with Crippen molar-refractivity contribution in [2.45, 2.75) is 70.4 Å². The van der Waals surface area contributed by atoms with E-state index in [1.54, 1.807) is 0 Å². The minimum absolute atomic E-state index is 0.0142. The van der Waals surface area contributed by atoms with Crippen molar-refractivity contribution in [1.82, 2.24) is 0 Å². The Morgan fingerprint density at radius 3 is 2.58 bits per heavy atom. The molecule has 1 heterocycles. The van der Waals surface area contributed by atoms with Crippen molar-refractivity contribution in [3.05, 3.63) is 0 Å². The van der Waals surface area contributed by atoms with Crippen LogP contribution in [0.2, 0.25) is 0 Å². The van der Waals surface area contributed by atoms with Crippen LogP contribution in [0.15, 0.2) is 0 Å². The Labute approximate surface area is 143 Å². The van der Waals surface area contributed by atoms with Gasteiger partial charge in [0.05, 0.1) is 29.8 Å². The van der Waals surface area contributed by atoms with Gasteiger partial charge < -0.3 is 20.1 Å². The molecule has 2 bridgehead atoms. The summed E-state index contributed by atoms with van der Waals surface area (Å²) in [4.78, 5) is 13.3. The molecular weight excluding hydrogens is 308 g/mol. The zero-order valence-electron chi connectivity index (χ0n) is 14.8. The van der Waals surface area contributed by atoms with E-state index in [0.29, 0.717) is 25.9 Å². The molecule has 4 rings (SSSR count). The molecule has 0 aromatic rings. The number of carbonyl (C=O) groups excluding carboxylic acids is 1. The lowest BCUT2D eigenvalue weighted by molar-refractivity contribution is -0.248. The Morgan fingerprint density at radius 2 is 1.96 bits per heavy atom. The van der Waals surface area contributed by atoms with Crippen molar-refractivity contribution in [1.29, 1.82) is 0 Å². The molecule has 5 heteroatoms. The summed E-state index contributed by atoms with van der Waals surface area (Å²) < 4.78 is 5.60. The van der Waals surface area contributed by atoms with Crippen molar-refractivity contribution in [3.8, 4) is 0 Å². The fourth-order valence-electron chi connectivity index (χ4n) is 6.32. The molecule has 136 valence electrons. The molecule has 4 aliphatic rings. The summed E-state index contributed by atoms with van der Waals surface area (Å²) in [7, 11) is 0. The lowest BCUT2D eigenvalue weighted by atomic mass is 9.48. The van der Waals surface area contributed by atoms with Crippen LogP contribution in [-0.4, -0.2) is 51.6 Å². The zero-order chi connectivity index (χ0) is 17.4. The quantitative estimate of drug-likeness (QED) is 0.616. The normalized spacial score (nSPS) is 60.3. The van der Waals surface area contributed by atoms with Crippen molar-refractivity contribution in [3.63, 3.8) is 0 Å². The van der Waals surface area contributed by atoms with Crippen molar-refractivity contribution >= 4 is 5.78 Å². The number of fused-ring (bicyclic) bond motifs is 5. The lowest BCUT2D eigenvalue weighted by Gasteiger charge is -2.61. The van der Waals surface area contributed by atoms with Crippen molar-refractivity contribution < 1.29 is 24.9 Å². The van der Waals surface area contributed by atoms with Gasteiger partial charge in [-0.2, -0.15) is 0 Å². The standard InChI is InChI=1S/C19H30O5/c1-9-4-5-19(23)7-12-11-8-24-13(11)6-14(20)18(12,3)17(22)16(21)15(9)10(19)2/h9-16,20-21,23H,4-8H2,1-3H3/t9?,10-,11-,12?,13+,14-,15?,16+,18-,19+/m0/s1. The van der Waals surface area contributed by atoms with Crippen LogP contribution in [0.25, 0.3) is 0 Å². The van der Waals surface area contributed by atoms with Gasteiger partial charge in [0.1, 0.15) is 6.10 Å². The molecule has 0 aromatic heterocycles. The molecule has 1 aliphatic heterocycles. The Kier molecular flexibility index (Phi) is 3.71. The second kappa shape index (κ2) is 5.26. The maximum atomic E-state index is 13.3. The highest BCUT2D eigenvalue weighted by molar-refractivity contribution is 5.90. The van der Waals surface area contributed by atoms with Crippen LogP contribution in [0.4, 0.5) is 0 Å². The van der Waals surface area contributed by atoms with E-state index in [9.17, 15) is 20.1 Å². The molecule has 3 unspecified atom stereocenters. The van der Waals surface area contributed by atoms with Gasteiger partial charge in [-0.1, -0.05) is 13.8 Å². The van der Waals surface area contributed by atoms with Crippen molar-refractivity contribution in [2.24, 2.45) is 35.0 Å². The molecule has 0 amide bonds.